The molecular formula is C22H25N3O4S. The molecule has 1 saturated heterocycles. The molecular weight excluding hydrogens is 402 g/mol. The van der Waals surface area contributed by atoms with Crippen LogP contribution in [0.1, 0.15) is 40.2 Å². The fourth-order valence-electron chi connectivity index (χ4n) is 3.68. The number of carboxylic acid groups (broad SMARTS) is 1. The number of aromatic carboxylic acids is 1. The fourth-order valence-corrected chi connectivity index (χ4v) is 4.09. The highest BCUT2D eigenvalue weighted by atomic mass is 32.2. The zero-order valence-electron chi connectivity index (χ0n) is 16.9. The monoisotopic (exact) mass is 427 g/mol. The first-order valence-corrected chi connectivity index (χ1v) is 11.4. The predicted octanol–water partition coefficient (Wildman–Crippen LogP) is 3.60. The van der Waals surface area contributed by atoms with Gasteiger partial charge in [0, 0.05) is 37.1 Å². The van der Waals surface area contributed by atoms with Crippen molar-refractivity contribution in [3.63, 3.8) is 0 Å². The average molecular weight is 428 g/mol. The molecule has 0 bridgehead atoms. The zero-order valence-corrected chi connectivity index (χ0v) is 17.7. The number of hydrogen-bond acceptors (Lipinski definition) is 6. The molecule has 2 aromatic rings. The van der Waals surface area contributed by atoms with Gasteiger partial charge in [-0.05, 0) is 61.9 Å². The highest BCUT2D eigenvalue weighted by Gasteiger charge is 2.31. The molecule has 1 aliphatic carbocycles. The van der Waals surface area contributed by atoms with E-state index in [2.05, 4.69) is 9.88 Å². The smallest absolute Gasteiger partial charge is 0.358 e. The van der Waals surface area contributed by atoms with Gasteiger partial charge in [0.15, 0.2) is 11.4 Å². The fraction of sp³-hybridized carbons (Fsp3) is 0.409. The Balaban J connectivity index is 1.50. The predicted molar refractivity (Wildman–Crippen MR) is 115 cm³/mol. The van der Waals surface area contributed by atoms with Gasteiger partial charge in [0.1, 0.15) is 11.4 Å². The van der Waals surface area contributed by atoms with E-state index in [1.165, 1.54) is 18.9 Å². The van der Waals surface area contributed by atoms with Crippen molar-refractivity contribution in [2.75, 3.05) is 32.4 Å². The van der Waals surface area contributed by atoms with Crippen LogP contribution in [-0.4, -0.2) is 70.2 Å². The Morgan fingerprint density at radius 3 is 2.50 bits per heavy atom. The molecule has 1 N–H and O–H groups in total. The molecule has 1 amide bonds. The summed E-state index contributed by atoms with van der Waals surface area (Å²) in [5.74, 6) is -0.822. The van der Waals surface area contributed by atoms with Crippen molar-refractivity contribution in [1.82, 2.24) is 14.8 Å². The number of pyridine rings is 1. The van der Waals surface area contributed by atoms with E-state index in [1.54, 1.807) is 34.9 Å². The van der Waals surface area contributed by atoms with Crippen LogP contribution in [-0.2, 0) is 0 Å². The summed E-state index contributed by atoms with van der Waals surface area (Å²) in [6.07, 6.45) is 5.39. The van der Waals surface area contributed by atoms with Crippen LogP contribution < -0.4 is 4.74 Å². The molecule has 4 rings (SSSR count). The summed E-state index contributed by atoms with van der Waals surface area (Å²) in [6.45, 7) is 3.16. The molecule has 158 valence electrons. The Morgan fingerprint density at radius 1 is 1.07 bits per heavy atom. The van der Waals surface area contributed by atoms with E-state index in [-0.39, 0.29) is 23.0 Å². The van der Waals surface area contributed by atoms with Crippen molar-refractivity contribution in [3.8, 4) is 11.5 Å². The summed E-state index contributed by atoms with van der Waals surface area (Å²) in [7, 11) is 0. The van der Waals surface area contributed by atoms with Gasteiger partial charge in [0.2, 0.25) is 0 Å². The van der Waals surface area contributed by atoms with Gasteiger partial charge in [-0.1, -0.05) is 0 Å². The third-order valence-corrected chi connectivity index (χ3v) is 6.19. The number of rotatable bonds is 6. The Bertz CT molecular complexity index is 930. The molecule has 0 atom stereocenters. The zero-order chi connectivity index (χ0) is 21.1. The van der Waals surface area contributed by atoms with Crippen LogP contribution in [0.5, 0.6) is 11.5 Å². The molecule has 1 aromatic carbocycles. The number of carbonyl (C=O) groups excluding carboxylic acids is 1. The quantitative estimate of drug-likeness (QED) is 0.705. The van der Waals surface area contributed by atoms with E-state index in [0.717, 1.165) is 24.4 Å². The molecule has 0 unspecified atom stereocenters. The Hall–Kier alpha value is -2.58. The van der Waals surface area contributed by atoms with E-state index in [4.69, 9.17) is 4.74 Å². The van der Waals surface area contributed by atoms with Gasteiger partial charge < -0.3 is 14.7 Å². The summed E-state index contributed by atoms with van der Waals surface area (Å²) in [4.78, 5) is 34.2. The third kappa shape index (κ3) is 4.76. The van der Waals surface area contributed by atoms with Crippen molar-refractivity contribution in [3.05, 3.63) is 47.8 Å². The average Bonchev–Trinajstić information content (AvgIpc) is 3.60. The molecule has 30 heavy (non-hydrogen) atoms. The van der Waals surface area contributed by atoms with E-state index < -0.39 is 5.97 Å². The summed E-state index contributed by atoms with van der Waals surface area (Å²) >= 11 is 1.61. The van der Waals surface area contributed by atoms with Gasteiger partial charge >= 0.3 is 5.97 Å². The van der Waals surface area contributed by atoms with Gasteiger partial charge in [-0.25, -0.2) is 9.78 Å². The number of carbonyl (C=O) groups is 2. The summed E-state index contributed by atoms with van der Waals surface area (Å²) in [6, 6.07) is 11.1. The van der Waals surface area contributed by atoms with Crippen LogP contribution in [0.15, 0.2) is 41.3 Å². The van der Waals surface area contributed by atoms with Crippen molar-refractivity contribution < 1.29 is 19.4 Å². The summed E-state index contributed by atoms with van der Waals surface area (Å²) in [5.41, 5.74) is -0.124. The summed E-state index contributed by atoms with van der Waals surface area (Å²) < 4.78 is 5.73. The minimum atomic E-state index is -1.23. The molecule has 2 heterocycles. The molecule has 8 heteroatoms. The highest BCUT2D eigenvalue weighted by molar-refractivity contribution is 7.98. The van der Waals surface area contributed by atoms with E-state index in [1.807, 2.05) is 18.4 Å². The van der Waals surface area contributed by atoms with Crippen LogP contribution in [0.3, 0.4) is 0 Å². The van der Waals surface area contributed by atoms with E-state index >= 15 is 0 Å². The summed E-state index contributed by atoms with van der Waals surface area (Å²) in [5, 5.41) is 9.61. The van der Waals surface area contributed by atoms with Crippen LogP contribution in [0.2, 0.25) is 0 Å². The van der Waals surface area contributed by atoms with Crippen LogP contribution in [0.4, 0.5) is 0 Å². The number of carboxylic acids is 1. The maximum Gasteiger partial charge on any atom is 0.358 e. The molecule has 1 aromatic heterocycles. The number of thioether (sulfide) groups is 1. The lowest BCUT2D eigenvalue weighted by Gasteiger charge is -2.21. The lowest BCUT2D eigenvalue weighted by molar-refractivity contribution is 0.0686. The number of amides is 1. The Kier molecular flexibility index (Phi) is 6.24. The minimum Gasteiger partial charge on any atom is -0.476 e. The minimum absolute atomic E-state index is 0.117. The topological polar surface area (TPSA) is 83.0 Å². The van der Waals surface area contributed by atoms with Gasteiger partial charge in [-0.3, -0.25) is 9.69 Å². The first-order valence-electron chi connectivity index (χ1n) is 10.1. The Morgan fingerprint density at radius 2 is 1.83 bits per heavy atom. The lowest BCUT2D eigenvalue weighted by atomic mass is 10.2. The van der Waals surface area contributed by atoms with Crippen LogP contribution in [0.25, 0.3) is 0 Å². The highest BCUT2D eigenvalue weighted by Crippen LogP contribution is 2.29. The maximum atomic E-state index is 13.0. The van der Waals surface area contributed by atoms with Gasteiger partial charge in [0.25, 0.3) is 5.91 Å². The lowest BCUT2D eigenvalue weighted by Crippen LogP contribution is -2.36. The van der Waals surface area contributed by atoms with Gasteiger partial charge in [-0.15, -0.1) is 11.8 Å². The third-order valence-electron chi connectivity index (χ3n) is 5.45. The maximum absolute atomic E-state index is 13.0. The van der Waals surface area contributed by atoms with Crippen molar-refractivity contribution >= 4 is 23.6 Å². The number of nitrogens with zero attached hydrogens (tertiary/aromatic N) is 3. The standard InChI is InChI=1S/C22H25N3O4S/c1-30-17-7-5-16(6-8-17)29-19-10-9-18(23-20(19)22(27)28)21(26)25-12-2-11-24(13-14-25)15-3-4-15/h5-10,15H,2-4,11-14H2,1H3,(H,27,28). The SMILES string of the molecule is CSc1ccc(Oc2ccc(C(=O)N3CCCN(C4CC4)CC3)nc2C(=O)O)cc1. The molecule has 7 nitrogen and oxygen atoms in total. The molecule has 0 radical (unpaired) electrons. The van der Waals surface area contributed by atoms with Crippen molar-refractivity contribution in [2.24, 2.45) is 0 Å². The number of ether oxygens (including phenoxy) is 1. The van der Waals surface area contributed by atoms with Crippen molar-refractivity contribution in [2.45, 2.75) is 30.2 Å². The van der Waals surface area contributed by atoms with Gasteiger partial charge in [-0.2, -0.15) is 0 Å². The normalized spacial score (nSPS) is 17.4. The van der Waals surface area contributed by atoms with Crippen LogP contribution in [0, 0.1) is 0 Å². The number of hydrogen-bond donors (Lipinski definition) is 1. The number of benzene rings is 1. The molecule has 2 aliphatic rings. The molecule has 1 aliphatic heterocycles. The molecule has 2 fully saturated rings. The second kappa shape index (κ2) is 9.06. The second-order valence-corrected chi connectivity index (χ2v) is 8.42. The Labute approximate surface area is 180 Å². The molecule has 1 saturated carbocycles. The van der Waals surface area contributed by atoms with E-state index in [0.29, 0.717) is 24.9 Å². The second-order valence-electron chi connectivity index (χ2n) is 7.54. The number of aromatic nitrogens is 1. The molecule has 0 spiro atoms. The first kappa shape index (κ1) is 20.7. The largest absolute Gasteiger partial charge is 0.476 e. The first-order chi connectivity index (χ1) is 14.5. The van der Waals surface area contributed by atoms with Gasteiger partial charge in [0.05, 0.1) is 0 Å². The van der Waals surface area contributed by atoms with Crippen molar-refractivity contribution in [1.29, 1.82) is 0 Å². The van der Waals surface area contributed by atoms with E-state index in [9.17, 15) is 14.7 Å². The van der Waals surface area contributed by atoms with Crippen LogP contribution >= 0.6 is 11.8 Å².